The largest absolute Gasteiger partial charge is 0.385 e. The third kappa shape index (κ3) is 3.49. The number of benzene rings is 1. The highest BCUT2D eigenvalue weighted by atomic mass is 14.9. The van der Waals surface area contributed by atoms with E-state index >= 15 is 0 Å². The summed E-state index contributed by atoms with van der Waals surface area (Å²) in [5.41, 5.74) is 1.76. The second-order valence-corrected chi connectivity index (χ2v) is 3.33. The number of unbranched alkanes of at least 4 members (excludes halogenated alkanes) is 2. The van der Waals surface area contributed by atoms with Gasteiger partial charge in [0.1, 0.15) is 0 Å². The van der Waals surface area contributed by atoms with Crippen molar-refractivity contribution in [2.75, 3.05) is 11.9 Å². The molecule has 2 heteroatoms. The van der Waals surface area contributed by atoms with Crippen molar-refractivity contribution in [1.29, 1.82) is 5.26 Å². The molecular formula is C12H16N2. The van der Waals surface area contributed by atoms with Crippen molar-refractivity contribution >= 4 is 5.69 Å². The molecule has 1 aromatic rings. The summed E-state index contributed by atoms with van der Waals surface area (Å²) in [5.74, 6) is 0. The fourth-order valence-electron chi connectivity index (χ4n) is 1.31. The fourth-order valence-corrected chi connectivity index (χ4v) is 1.31. The van der Waals surface area contributed by atoms with Crippen LogP contribution < -0.4 is 5.32 Å². The fraction of sp³-hybridized carbons (Fsp3) is 0.417. The Morgan fingerprint density at radius 3 is 2.93 bits per heavy atom. The SMILES string of the molecule is CCCCCNc1cccc(C#N)c1. The molecule has 0 radical (unpaired) electrons. The van der Waals surface area contributed by atoms with Crippen molar-refractivity contribution in [3.05, 3.63) is 29.8 Å². The van der Waals surface area contributed by atoms with E-state index in [-0.39, 0.29) is 0 Å². The lowest BCUT2D eigenvalue weighted by molar-refractivity contribution is 0.744. The van der Waals surface area contributed by atoms with Crippen LogP contribution in [0.3, 0.4) is 0 Å². The van der Waals surface area contributed by atoms with Crippen molar-refractivity contribution in [1.82, 2.24) is 0 Å². The number of nitrogens with one attached hydrogen (secondary N) is 1. The van der Waals surface area contributed by atoms with Crippen molar-refractivity contribution in [2.24, 2.45) is 0 Å². The van der Waals surface area contributed by atoms with E-state index in [1.54, 1.807) is 0 Å². The van der Waals surface area contributed by atoms with Crippen LogP contribution in [0.1, 0.15) is 31.7 Å². The number of hydrogen-bond donors (Lipinski definition) is 1. The minimum Gasteiger partial charge on any atom is -0.385 e. The molecule has 0 amide bonds. The Morgan fingerprint density at radius 2 is 2.21 bits per heavy atom. The molecule has 0 bridgehead atoms. The van der Waals surface area contributed by atoms with Gasteiger partial charge in [-0.3, -0.25) is 0 Å². The summed E-state index contributed by atoms with van der Waals surface area (Å²) < 4.78 is 0. The highest BCUT2D eigenvalue weighted by molar-refractivity contribution is 5.48. The standard InChI is InChI=1S/C12H16N2/c1-2-3-4-8-14-12-7-5-6-11(9-12)10-13/h5-7,9,14H,2-4,8H2,1H3. The summed E-state index contributed by atoms with van der Waals surface area (Å²) in [5, 5.41) is 12.0. The first-order valence-electron chi connectivity index (χ1n) is 5.11. The van der Waals surface area contributed by atoms with Crippen LogP contribution in [0.15, 0.2) is 24.3 Å². The van der Waals surface area contributed by atoms with Gasteiger partial charge in [-0.05, 0) is 24.6 Å². The summed E-state index contributed by atoms with van der Waals surface area (Å²) in [6.45, 7) is 3.18. The number of anilines is 1. The Kier molecular flexibility index (Phi) is 4.57. The van der Waals surface area contributed by atoms with Gasteiger partial charge in [-0.15, -0.1) is 0 Å². The van der Waals surface area contributed by atoms with E-state index < -0.39 is 0 Å². The second kappa shape index (κ2) is 6.04. The zero-order chi connectivity index (χ0) is 10.2. The molecule has 1 rings (SSSR count). The van der Waals surface area contributed by atoms with Crippen LogP contribution >= 0.6 is 0 Å². The van der Waals surface area contributed by atoms with Gasteiger partial charge in [0.05, 0.1) is 11.6 Å². The molecule has 1 N–H and O–H groups in total. The number of hydrogen-bond acceptors (Lipinski definition) is 2. The quantitative estimate of drug-likeness (QED) is 0.720. The molecule has 14 heavy (non-hydrogen) atoms. The molecule has 0 heterocycles. The van der Waals surface area contributed by atoms with Gasteiger partial charge in [-0.1, -0.05) is 25.8 Å². The number of rotatable bonds is 5. The van der Waals surface area contributed by atoms with Crippen LogP contribution in [0.5, 0.6) is 0 Å². The first-order valence-corrected chi connectivity index (χ1v) is 5.11. The smallest absolute Gasteiger partial charge is 0.0992 e. The lowest BCUT2D eigenvalue weighted by atomic mass is 10.2. The molecule has 0 fully saturated rings. The maximum Gasteiger partial charge on any atom is 0.0992 e. The van der Waals surface area contributed by atoms with Crippen molar-refractivity contribution in [3.63, 3.8) is 0 Å². The van der Waals surface area contributed by atoms with Crippen molar-refractivity contribution in [2.45, 2.75) is 26.2 Å². The first kappa shape index (κ1) is 10.6. The molecule has 0 unspecified atom stereocenters. The summed E-state index contributed by atoms with van der Waals surface area (Å²) in [7, 11) is 0. The molecule has 0 aliphatic rings. The monoisotopic (exact) mass is 188 g/mol. The minimum absolute atomic E-state index is 0.713. The Labute approximate surface area is 85.6 Å². The van der Waals surface area contributed by atoms with Crippen LogP contribution in [-0.2, 0) is 0 Å². The van der Waals surface area contributed by atoms with Gasteiger partial charge >= 0.3 is 0 Å². The second-order valence-electron chi connectivity index (χ2n) is 3.33. The molecule has 0 atom stereocenters. The number of nitriles is 1. The van der Waals surface area contributed by atoms with Crippen LogP contribution in [-0.4, -0.2) is 6.54 Å². The zero-order valence-electron chi connectivity index (χ0n) is 8.59. The van der Waals surface area contributed by atoms with Gasteiger partial charge in [0.25, 0.3) is 0 Å². The summed E-state index contributed by atoms with van der Waals surface area (Å²) >= 11 is 0. The van der Waals surface area contributed by atoms with E-state index in [1.165, 1.54) is 19.3 Å². The zero-order valence-corrected chi connectivity index (χ0v) is 8.59. The van der Waals surface area contributed by atoms with E-state index in [9.17, 15) is 0 Å². The van der Waals surface area contributed by atoms with Gasteiger partial charge in [-0.25, -0.2) is 0 Å². The number of nitrogens with zero attached hydrogens (tertiary/aromatic N) is 1. The van der Waals surface area contributed by atoms with Crippen LogP contribution in [0.2, 0.25) is 0 Å². The third-order valence-electron chi connectivity index (χ3n) is 2.10. The summed E-state index contributed by atoms with van der Waals surface area (Å²) in [4.78, 5) is 0. The maximum absolute atomic E-state index is 8.69. The molecule has 0 aromatic heterocycles. The highest BCUT2D eigenvalue weighted by Crippen LogP contribution is 2.09. The third-order valence-corrected chi connectivity index (χ3v) is 2.10. The Bertz CT molecular complexity index is 312. The molecular weight excluding hydrogens is 172 g/mol. The molecule has 0 saturated heterocycles. The van der Waals surface area contributed by atoms with Gasteiger partial charge in [0.2, 0.25) is 0 Å². The molecule has 0 aliphatic carbocycles. The first-order chi connectivity index (χ1) is 6.86. The predicted molar refractivity (Wildman–Crippen MR) is 59.2 cm³/mol. The lowest BCUT2D eigenvalue weighted by Gasteiger charge is -2.05. The summed E-state index contributed by atoms with van der Waals surface area (Å²) in [6.07, 6.45) is 3.68. The van der Waals surface area contributed by atoms with Crippen molar-refractivity contribution < 1.29 is 0 Å². The lowest BCUT2D eigenvalue weighted by Crippen LogP contribution is -2.00. The average molecular weight is 188 g/mol. The van der Waals surface area contributed by atoms with Gasteiger partial charge < -0.3 is 5.32 Å². The van der Waals surface area contributed by atoms with Gasteiger partial charge in [-0.2, -0.15) is 5.26 Å². The normalized spacial score (nSPS) is 9.43. The molecule has 1 aromatic carbocycles. The van der Waals surface area contributed by atoms with Gasteiger partial charge in [0, 0.05) is 12.2 Å². The molecule has 0 saturated carbocycles. The highest BCUT2D eigenvalue weighted by Gasteiger charge is 1.93. The molecule has 0 aliphatic heterocycles. The molecule has 0 spiro atoms. The average Bonchev–Trinajstić information content (AvgIpc) is 2.25. The van der Waals surface area contributed by atoms with Crippen LogP contribution in [0, 0.1) is 11.3 Å². The molecule has 2 nitrogen and oxygen atoms in total. The maximum atomic E-state index is 8.69. The summed E-state index contributed by atoms with van der Waals surface area (Å²) in [6, 6.07) is 9.72. The Hall–Kier alpha value is -1.49. The van der Waals surface area contributed by atoms with Crippen LogP contribution in [0.4, 0.5) is 5.69 Å². The van der Waals surface area contributed by atoms with Gasteiger partial charge in [0.15, 0.2) is 0 Å². The Morgan fingerprint density at radius 1 is 1.36 bits per heavy atom. The van der Waals surface area contributed by atoms with E-state index in [0.717, 1.165) is 12.2 Å². The molecule has 74 valence electrons. The van der Waals surface area contributed by atoms with E-state index in [4.69, 9.17) is 5.26 Å². The van der Waals surface area contributed by atoms with E-state index in [2.05, 4.69) is 18.3 Å². The Balaban J connectivity index is 2.39. The van der Waals surface area contributed by atoms with Crippen LogP contribution in [0.25, 0.3) is 0 Å². The van der Waals surface area contributed by atoms with E-state index in [0.29, 0.717) is 5.56 Å². The van der Waals surface area contributed by atoms with Crippen molar-refractivity contribution in [3.8, 4) is 6.07 Å². The minimum atomic E-state index is 0.713. The topological polar surface area (TPSA) is 35.8 Å². The predicted octanol–water partition coefficient (Wildman–Crippen LogP) is 3.16. The van der Waals surface area contributed by atoms with E-state index in [1.807, 2.05) is 24.3 Å².